The fourth-order valence-corrected chi connectivity index (χ4v) is 6.24. The Morgan fingerprint density at radius 3 is 2.20 bits per heavy atom. The van der Waals surface area contributed by atoms with Crippen LogP contribution in [0.2, 0.25) is 0 Å². The van der Waals surface area contributed by atoms with Crippen molar-refractivity contribution in [2.45, 2.75) is 26.4 Å². The summed E-state index contributed by atoms with van der Waals surface area (Å²) in [4.78, 5) is 56.5. The van der Waals surface area contributed by atoms with Gasteiger partial charge in [-0.3, -0.25) is 28.2 Å². The molecule has 11 nitrogen and oxygen atoms in total. The normalized spacial score (nSPS) is 10.9. The molecule has 229 valence electrons. The molecule has 1 N–H and O–H groups in total. The van der Waals surface area contributed by atoms with Gasteiger partial charge in [0.2, 0.25) is 0 Å². The van der Waals surface area contributed by atoms with Gasteiger partial charge >= 0.3 is 11.4 Å². The number of aryl methyl sites for hydroxylation is 1. The van der Waals surface area contributed by atoms with Crippen molar-refractivity contribution in [3.8, 4) is 34.0 Å². The number of ether oxygens (including phenoxy) is 2. The first-order valence-corrected chi connectivity index (χ1v) is 14.9. The van der Waals surface area contributed by atoms with Crippen LogP contribution in [0.15, 0.2) is 91.7 Å². The van der Waals surface area contributed by atoms with E-state index >= 15 is 0 Å². The van der Waals surface area contributed by atoms with Crippen LogP contribution >= 0.6 is 11.3 Å². The molecule has 0 unspecified atom stereocenters. The Labute approximate surface area is 308 Å². The number of hydrogen-bond donors (Lipinski definition) is 1. The molecule has 1 radical (unpaired) electrons. The topological polar surface area (TPSA) is 138 Å². The fourth-order valence-electron chi connectivity index (χ4n) is 5.17. The van der Waals surface area contributed by atoms with E-state index in [0.29, 0.717) is 39.5 Å². The molecule has 0 spiro atoms. The summed E-state index contributed by atoms with van der Waals surface area (Å²) in [7, 11) is 2.96. The van der Waals surface area contributed by atoms with Crippen molar-refractivity contribution in [2.24, 2.45) is 0 Å². The Hall–Kier alpha value is -3.85. The number of aromatic nitrogens is 4. The molecule has 0 aliphatic carbocycles. The Morgan fingerprint density at radius 1 is 0.913 bits per heavy atom. The minimum Gasteiger partial charge on any atom is -0.497 e. The molecule has 0 amide bonds. The van der Waals surface area contributed by atoms with E-state index in [1.807, 2.05) is 55.5 Å². The molecule has 6 aromatic rings. The number of fused-ring (bicyclic) bond motifs is 1. The first-order chi connectivity index (χ1) is 21.8. The number of hydrogen-bond acceptors (Lipinski definition) is 9. The van der Waals surface area contributed by atoms with Crippen molar-refractivity contribution in [1.82, 2.24) is 19.3 Å². The number of methoxy groups -OCH3 is 2. The summed E-state index contributed by atoms with van der Waals surface area (Å²) in [6, 6.07) is 21.6. The van der Waals surface area contributed by atoms with Gasteiger partial charge in [0, 0.05) is 73.5 Å². The van der Waals surface area contributed by atoms with Crippen molar-refractivity contribution in [3.63, 3.8) is 0 Å². The van der Waals surface area contributed by atoms with Crippen LogP contribution in [-0.2, 0) is 19.5 Å². The summed E-state index contributed by atoms with van der Waals surface area (Å²) in [6.45, 7) is 1.72. The molecule has 3 aromatic heterocycles. The third kappa shape index (κ3) is 6.66. The predicted octanol–water partition coefficient (Wildman–Crippen LogP) is 4.37. The number of H-pyrrole nitrogens is 1. The van der Waals surface area contributed by atoms with Crippen molar-refractivity contribution >= 4 is 78.7 Å². The summed E-state index contributed by atoms with van der Waals surface area (Å²) >= 11 is 1.39. The van der Waals surface area contributed by atoms with Crippen LogP contribution in [0.1, 0.15) is 27.7 Å². The maximum absolute atomic E-state index is 13.9. The van der Waals surface area contributed by atoms with E-state index in [1.54, 1.807) is 28.8 Å². The Kier molecular flexibility index (Phi) is 10.4. The minimum absolute atomic E-state index is 0. The molecule has 0 bridgehead atoms. The number of thiophene rings is 1. The molecule has 0 fully saturated rings. The summed E-state index contributed by atoms with van der Waals surface area (Å²) in [5.74, 6) is 0.0902. The second-order valence-corrected chi connectivity index (χ2v) is 11.4. The molecular formula is C33H28KN4O7S. The zero-order chi connectivity index (χ0) is 31.7. The van der Waals surface area contributed by atoms with Crippen LogP contribution in [0.5, 0.6) is 11.5 Å². The molecule has 6 rings (SSSR count). The van der Waals surface area contributed by atoms with Gasteiger partial charge in [-0.2, -0.15) is 0 Å². The molecule has 0 saturated carbocycles. The van der Waals surface area contributed by atoms with Crippen molar-refractivity contribution in [1.29, 1.82) is 0 Å². The third-order valence-electron chi connectivity index (χ3n) is 7.50. The van der Waals surface area contributed by atoms with E-state index in [2.05, 4.69) is 10.1 Å². The number of rotatable bonds is 10. The summed E-state index contributed by atoms with van der Waals surface area (Å²) < 4.78 is 17.8. The van der Waals surface area contributed by atoms with Gasteiger partial charge < -0.3 is 9.47 Å². The molecule has 13 heteroatoms. The first kappa shape index (κ1) is 33.5. The van der Waals surface area contributed by atoms with Crippen molar-refractivity contribution in [2.75, 3.05) is 14.2 Å². The molecule has 3 aromatic carbocycles. The smallest absolute Gasteiger partial charge is 0.439 e. The quantitative estimate of drug-likeness (QED) is 0.169. The van der Waals surface area contributed by atoms with Gasteiger partial charge in [-0.15, -0.1) is 11.3 Å². The largest absolute Gasteiger partial charge is 0.497 e. The number of carbonyl (C=O) groups excluding carboxylic acids is 1. The Balaban J connectivity index is 0.00000417. The summed E-state index contributed by atoms with van der Waals surface area (Å²) in [5, 5.41) is 4.21. The van der Waals surface area contributed by atoms with E-state index < -0.39 is 29.3 Å². The van der Waals surface area contributed by atoms with Gasteiger partial charge in [0.15, 0.2) is 11.6 Å². The van der Waals surface area contributed by atoms with Crippen LogP contribution < -0.4 is 26.5 Å². The first-order valence-electron chi connectivity index (χ1n) is 14.1. The molecule has 0 atom stereocenters. The molecule has 0 aliphatic heterocycles. The van der Waals surface area contributed by atoms with E-state index in [-0.39, 0.29) is 63.5 Å². The van der Waals surface area contributed by atoms with Crippen LogP contribution in [0.4, 0.5) is 0 Å². The fraction of sp³-hybridized carbons (Fsp3) is 0.182. The molecule has 0 aliphatic rings. The average molecular weight is 664 g/mol. The summed E-state index contributed by atoms with van der Waals surface area (Å²) in [5.41, 5.74) is 2.38. The number of nitrogens with one attached hydrogen (secondary N) is 1. The second kappa shape index (κ2) is 14.3. The zero-order valence-electron chi connectivity index (χ0n) is 25.7. The number of Topliss-reactive ketones (excluding diaryl/α,β-unsaturated/α-hetero) is 1. The maximum Gasteiger partial charge on any atom is 0.439 e. The number of nitrogens with zero attached hydrogens (tertiary/aromatic N) is 3. The molecule has 0 saturated heterocycles. The van der Waals surface area contributed by atoms with Crippen LogP contribution in [0.25, 0.3) is 32.7 Å². The molecule has 46 heavy (non-hydrogen) atoms. The van der Waals surface area contributed by atoms with Crippen LogP contribution in [0, 0.1) is 0 Å². The van der Waals surface area contributed by atoms with Crippen LogP contribution in [0.3, 0.4) is 0 Å². The number of aromatic amines is 1. The number of benzene rings is 3. The van der Waals surface area contributed by atoms with E-state index in [9.17, 15) is 19.2 Å². The van der Waals surface area contributed by atoms with E-state index in [4.69, 9.17) is 14.0 Å². The van der Waals surface area contributed by atoms with Crippen molar-refractivity contribution < 1.29 is 18.8 Å². The van der Waals surface area contributed by atoms with Crippen molar-refractivity contribution in [3.05, 3.63) is 120 Å². The molecule has 3 heterocycles. The van der Waals surface area contributed by atoms with E-state index in [1.165, 1.54) is 25.6 Å². The van der Waals surface area contributed by atoms with Gasteiger partial charge in [-0.05, 0) is 41.3 Å². The van der Waals surface area contributed by atoms with Gasteiger partial charge in [0.1, 0.15) is 16.3 Å². The minimum atomic E-state index is -0.641. The second-order valence-electron chi connectivity index (χ2n) is 10.3. The van der Waals surface area contributed by atoms with Gasteiger partial charge in [0.05, 0.1) is 32.7 Å². The SMILES string of the molecule is CCc1cc2c(=O)n(CC(=O)c3cc(OC)cc(OC)c3)c(=O)n(Cc3ccc(-c4ccccc4-c4noc(=O)[nH]4)cc3)c2s1.[K]. The van der Waals surface area contributed by atoms with Gasteiger partial charge in [0.25, 0.3) is 5.56 Å². The van der Waals surface area contributed by atoms with Gasteiger partial charge in [-0.1, -0.05) is 60.6 Å². The number of ketones is 1. The van der Waals surface area contributed by atoms with Gasteiger partial charge in [-0.25, -0.2) is 9.59 Å². The Bertz CT molecular complexity index is 2210. The van der Waals surface area contributed by atoms with Crippen LogP contribution in [-0.4, -0.2) is 90.7 Å². The zero-order valence-corrected chi connectivity index (χ0v) is 29.6. The van der Waals surface area contributed by atoms with E-state index in [0.717, 1.165) is 26.1 Å². The third-order valence-corrected chi connectivity index (χ3v) is 8.80. The maximum atomic E-state index is 13.9. The monoisotopic (exact) mass is 663 g/mol. The standard InChI is InChI=1S/C33H28N4O7S.K/c1-4-24-16-27-30(39)36(18-28(38)21-13-22(42-2)15-23(14-21)43-3)33(41)37(31(27)45-24)17-19-9-11-20(12-10-19)25-7-5-6-8-26(25)29-34-32(40)44-35-29;/h5-16H,4,17-18H2,1-3H3,(H,34,35,40);. The summed E-state index contributed by atoms with van der Waals surface area (Å²) in [6.07, 6.45) is 0.695. The molecular weight excluding hydrogens is 636 g/mol. The number of carbonyl (C=O) groups is 1. The average Bonchev–Trinajstić information content (AvgIpc) is 3.71. The predicted molar refractivity (Wildman–Crippen MR) is 176 cm³/mol. The Morgan fingerprint density at radius 2 is 1.59 bits per heavy atom.